The molecule has 3 heterocycles. The molecule has 1 saturated heterocycles. The molecule has 1 aliphatic heterocycles. The third kappa shape index (κ3) is 5.20. The maximum Gasteiger partial charge on any atom is 0.191 e. The highest BCUT2D eigenvalue weighted by molar-refractivity contribution is 7.10. The first kappa shape index (κ1) is 20.5. The van der Waals surface area contributed by atoms with Crippen LogP contribution in [0.2, 0.25) is 0 Å². The molecule has 1 aliphatic rings. The monoisotopic (exact) mass is 404 g/mol. The summed E-state index contributed by atoms with van der Waals surface area (Å²) in [5.74, 6) is 0.965. The van der Waals surface area contributed by atoms with E-state index >= 15 is 0 Å². The second-order valence-corrected chi connectivity index (χ2v) is 8.08. The van der Waals surface area contributed by atoms with E-state index in [0.29, 0.717) is 18.9 Å². The zero-order chi connectivity index (χ0) is 19.9. The number of halogens is 1. The molecule has 152 valence electrons. The van der Waals surface area contributed by atoms with E-state index < -0.39 is 0 Å². The van der Waals surface area contributed by atoms with Crippen LogP contribution in [0.4, 0.5) is 10.2 Å². The van der Waals surface area contributed by atoms with Gasteiger partial charge in [0, 0.05) is 36.8 Å². The molecule has 2 N–H and O–H groups in total. The van der Waals surface area contributed by atoms with Gasteiger partial charge >= 0.3 is 0 Å². The van der Waals surface area contributed by atoms with E-state index in [9.17, 15) is 4.39 Å². The Morgan fingerprint density at radius 1 is 1.43 bits per heavy atom. The Hall–Kier alpha value is -2.19. The molecule has 3 rings (SSSR count). The lowest BCUT2D eigenvalue weighted by molar-refractivity contribution is 0.310. The number of pyridine rings is 1. The first-order chi connectivity index (χ1) is 13.6. The van der Waals surface area contributed by atoms with Crippen LogP contribution in [0.1, 0.15) is 24.3 Å². The molecule has 8 heteroatoms. The molecule has 2 unspecified atom stereocenters. The van der Waals surface area contributed by atoms with Crippen LogP contribution in [0, 0.1) is 5.82 Å². The molecular weight excluding hydrogens is 375 g/mol. The predicted molar refractivity (Wildman–Crippen MR) is 115 cm³/mol. The standard InChI is InChI=1S/C20H29FN6S/c1-4-22-20(24-13-17(26(2)3)18-8-6-12-28-18)25-15-9-11-27(14-15)19-16(21)7-5-10-23-19/h5-8,10,12,15,17H,4,9,11,13-14H2,1-3H3,(H2,22,24,25). The van der Waals surface area contributed by atoms with Gasteiger partial charge in [0.1, 0.15) is 0 Å². The number of aliphatic imine (C=N–C) groups is 1. The van der Waals surface area contributed by atoms with Gasteiger partial charge in [0.25, 0.3) is 0 Å². The van der Waals surface area contributed by atoms with Crippen LogP contribution in [0.3, 0.4) is 0 Å². The summed E-state index contributed by atoms with van der Waals surface area (Å²) >= 11 is 1.76. The number of aromatic nitrogens is 1. The SMILES string of the molecule is CCNC(=NCC(c1cccs1)N(C)C)NC1CCN(c2ncccc2F)C1. The highest BCUT2D eigenvalue weighted by Gasteiger charge is 2.26. The van der Waals surface area contributed by atoms with Crippen molar-refractivity contribution in [1.82, 2.24) is 20.5 Å². The Bertz CT molecular complexity index is 764. The second-order valence-electron chi connectivity index (χ2n) is 7.10. The van der Waals surface area contributed by atoms with Gasteiger partial charge in [-0.2, -0.15) is 0 Å². The van der Waals surface area contributed by atoms with Gasteiger partial charge < -0.3 is 20.4 Å². The maximum absolute atomic E-state index is 14.0. The Morgan fingerprint density at radius 2 is 2.29 bits per heavy atom. The van der Waals surface area contributed by atoms with Crippen molar-refractivity contribution < 1.29 is 4.39 Å². The molecule has 2 aromatic heterocycles. The van der Waals surface area contributed by atoms with Crippen LogP contribution in [0.15, 0.2) is 40.8 Å². The largest absolute Gasteiger partial charge is 0.357 e. The van der Waals surface area contributed by atoms with Crippen LogP contribution in [0.25, 0.3) is 0 Å². The van der Waals surface area contributed by atoms with Gasteiger partial charge in [0.15, 0.2) is 17.6 Å². The zero-order valence-corrected chi connectivity index (χ0v) is 17.5. The molecule has 0 aromatic carbocycles. The fourth-order valence-electron chi connectivity index (χ4n) is 3.36. The number of hydrogen-bond acceptors (Lipinski definition) is 5. The van der Waals surface area contributed by atoms with Gasteiger partial charge in [0.05, 0.1) is 12.6 Å². The summed E-state index contributed by atoms with van der Waals surface area (Å²) in [4.78, 5) is 14.5. The molecule has 28 heavy (non-hydrogen) atoms. The summed E-state index contributed by atoms with van der Waals surface area (Å²) in [5, 5.41) is 8.94. The number of guanidine groups is 1. The normalized spacial score (nSPS) is 18.5. The number of nitrogens with zero attached hydrogens (tertiary/aromatic N) is 4. The molecule has 2 aromatic rings. The highest BCUT2D eigenvalue weighted by atomic mass is 32.1. The first-order valence-electron chi connectivity index (χ1n) is 9.68. The van der Waals surface area contributed by atoms with Crippen LogP contribution in [-0.2, 0) is 0 Å². The Morgan fingerprint density at radius 3 is 2.96 bits per heavy atom. The lowest BCUT2D eigenvalue weighted by Gasteiger charge is -2.23. The van der Waals surface area contributed by atoms with E-state index in [2.05, 4.69) is 59.0 Å². The number of hydrogen-bond donors (Lipinski definition) is 2. The molecule has 0 amide bonds. The Kier molecular flexibility index (Phi) is 7.22. The third-order valence-corrected chi connectivity index (χ3v) is 5.80. The minimum absolute atomic E-state index is 0.207. The number of rotatable bonds is 7. The molecule has 0 bridgehead atoms. The summed E-state index contributed by atoms with van der Waals surface area (Å²) in [6.45, 7) is 5.02. The van der Waals surface area contributed by atoms with Gasteiger partial charge in [-0.3, -0.25) is 4.99 Å². The van der Waals surface area contributed by atoms with Gasteiger partial charge in [-0.15, -0.1) is 11.3 Å². The second kappa shape index (κ2) is 9.84. The fourth-order valence-corrected chi connectivity index (χ4v) is 4.27. The Balaban J connectivity index is 1.63. The van der Waals surface area contributed by atoms with Crippen molar-refractivity contribution in [2.45, 2.75) is 25.4 Å². The van der Waals surface area contributed by atoms with Crippen molar-refractivity contribution in [1.29, 1.82) is 0 Å². The molecule has 0 aliphatic carbocycles. The van der Waals surface area contributed by atoms with E-state index in [1.165, 1.54) is 10.9 Å². The van der Waals surface area contributed by atoms with Crippen LogP contribution >= 0.6 is 11.3 Å². The topological polar surface area (TPSA) is 55.8 Å². The van der Waals surface area contributed by atoms with Crippen molar-refractivity contribution >= 4 is 23.1 Å². The third-order valence-electron chi connectivity index (χ3n) is 4.83. The number of thiophene rings is 1. The molecule has 0 radical (unpaired) electrons. The smallest absolute Gasteiger partial charge is 0.191 e. The predicted octanol–water partition coefficient (Wildman–Crippen LogP) is 2.72. The van der Waals surface area contributed by atoms with E-state index in [-0.39, 0.29) is 17.9 Å². The fraction of sp³-hybridized carbons (Fsp3) is 0.500. The molecule has 0 saturated carbocycles. The summed E-state index contributed by atoms with van der Waals surface area (Å²) in [6, 6.07) is 7.77. The van der Waals surface area contributed by atoms with Crippen molar-refractivity contribution in [3.63, 3.8) is 0 Å². The summed E-state index contributed by atoms with van der Waals surface area (Å²) in [6.07, 6.45) is 2.55. The number of anilines is 1. The number of likely N-dealkylation sites (N-methyl/N-ethyl adjacent to an activating group) is 1. The summed E-state index contributed by atoms with van der Waals surface area (Å²) in [7, 11) is 4.16. The molecule has 0 spiro atoms. The van der Waals surface area contributed by atoms with Crippen LogP contribution < -0.4 is 15.5 Å². The van der Waals surface area contributed by atoms with Crippen molar-refractivity contribution in [2.75, 3.05) is 45.2 Å². The van der Waals surface area contributed by atoms with Gasteiger partial charge in [-0.25, -0.2) is 9.37 Å². The van der Waals surface area contributed by atoms with Gasteiger partial charge in [-0.05, 0) is 51.0 Å². The minimum atomic E-state index is -0.270. The van der Waals surface area contributed by atoms with Crippen LogP contribution in [0.5, 0.6) is 0 Å². The minimum Gasteiger partial charge on any atom is -0.357 e. The molecule has 1 fully saturated rings. The summed E-state index contributed by atoms with van der Waals surface area (Å²) in [5.41, 5.74) is 0. The van der Waals surface area contributed by atoms with Crippen molar-refractivity contribution in [3.05, 3.63) is 46.5 Å². The van der Waals surface area contributed by atoms with E-state index in [1.54, 1.807) is 23.6 Å². The van der Waals surface area contributed by atoms with Crippen molar-refractivity contribution in [2.24, 2.45) is 4.99 Å². The number of nitrogens with one attached hydrogen (secondary N) is 2. The summed E-state index contributed by atoms with van der Waals surface area (Å²) < 4.78 is 14.0. The zero-order valence-electron chi connectivity index (χ0n) is 16.7. The molecule has 2 atom stereocenters. The maximum atomic E-state index is 14.0. The van der Waals surface area contributed by atoms with Gasteiger partial charge in [0.2, 0.25) is 0 Å². The van der Waals surface area contributed by atoms with Gasteiger partial charge in [-0.1, -0.05) is 6.07 Å². The van der Waals surface area contributed by atoms with E-state index in [4.69, 9.17) is 4.99 Å². The lowest BCUT2D eigenvalue weighted by Crippen LogP contribution is -2.45. The average Bonchev–Trinajstić information content (AvgIpc) is 3.34. The molecule has 6 nitrogen and oxygen atoms in total. The van der Waals surface area contributed by atoms with E-state index in [1.807, 2.05) is 4.90 Å². The quantitative estimate of drug-likeness (QED) is 0.549. The van der Waals surface area contributed by atoms with E-state index in [0.717, 1.165) is 25.5 Å². The highest BCUT2D eigenvalue weighted by Crippen LogP contribution is 2.23. The Labute approximate surface area is 170 Å². The first-order valence-corrected chi connectivity index (χ1v) is 10.6. The molecular formula is C20H29FN6S. The average molecular weight is 405 g/mol. The van der Waals surface area contributed by atoms with Crippen LogP contribution in [-0.4, -0.2) is 62.2 Å². The van der Waals surface area contributed by atoms with Crippen molar-refractivity contribution in [3.8, 4) is 0 Å². The lowest BCUT2D eigenvalue weighted by atomic mass is 10.2.